The quantitative estimate of drug-likeness (QED) is 0.114. The first-order chi connectivity index (χ1) is 18.9. The van der Waals surface area contributed by atoms with Crippen molar-refractivity contribution in [2.24, 2.45) is 17.3 Å². The van der Waals surface area contributed by atoms with E-state index in [4.69, 9.17) is 9.47 Å². The summed E-state index contributed by atoms with van der Waals surface area (Å²) in [5, 5.41) is 0. The van der Waals surface area contributed by atoms with Crippen molar-refractivity contribution in [2.45, 2.75) is 114 Å². The van der Waals surface area contributed by atoms with Gasteiger partial charge in [-0.05, 0) is 76.5 Å². The highest BCUT2D eigenvalue weighted by atomic mass is 127. The van der Waals surface area contributed by atoms with Crippen LogP contribution in [-0.2, 0) is 19.1 Å². The predicted octanol–water partition coefficient (Wildman–Crippen LogP) is 9.20. The Kier molecular flexibility index (Phi) is 12.3. The third-order valence-electron chi connectivity index (χ3n) is 8.25. The van der Waals surface area contributed by atoms with Gasteiger partial charge < -0.3 is 9.47 Å². The van der Waals surface area contributed by atoms with Gasteiger partial charge in [-0.25, -0.2) is 0 Å². The number of hydrogen-bond donors (Lipinski definition) is 0. The van der Waals surface area contributed by atoms with Gasteiger partial charge in [0, 0.05) is 6.42 Å². The monoisotopic (exact) mass is 722 g/mol. The minimum atomic E-state index is -7.03. The van der Waals surface area contributed by atoms with E-state index in [9.17, 15) is 49.1 Å². The predicted molar refractivity (Wildman–Crippen MR) is 140 cm³/mol. The fourth-order valence-electron chi connectivity index (χ4n) is 5.94. The molecule has 2 aliphatic carbocycles. The molecule has 2 atom stereocenters. The number of allylic oxidation sites excluding steroid dienone is 2. The normalized spacial score (nSPS) is 23.8. The van der Waals surface area contributed by atoms with Crippen molar-refractivity contribution in [1.82, 2.24) is 0 Å². The first-order valence-corrected chi connectivity index (χ1v) is 14.7. The lowest BCUT2D eigenvalue weighted by atomic mass is 9.83. The Hall–Kier alpha value is -1.22. The molecule has 14 heteroatoms. The zero-order chi connectivity index (χ0) is 31.3. The van der Waals surface area contributed by atoms with Crippen LogP contribution in [-0.4, -0.2) is 50.1 Å². The molecule has 2 unspecified atom stereocenters. The third-order valence-corrected chi connectivity index (χ3v) is 9.81. The Morgan fingerprint density at radius 2 is 1.15 bits per heavy atom. The molecule has 0 heterocycles. The highest BCUT2D eigenvalue weighted by Gasteiger charge is 2.82. The molecular formula is C27H36F9IO4. The standard InChI is InChI=1S/C27H36F9IO4/c1-40-21(38)23(22(39)41-2)14-18(15-24(28,29)25(30,31)26(32,33)27(34,35)36)19(16-23)20(37)17-12-10-8-6-4-3-5-7-9-11-13-17/h18-19H,3-16H2,1-2H3. The molecule has 0 aromatic rings. The Labute approximate surface area is 247 Å². The van der Waals surface area contributed by atoms with Gasteiger partial charge in [-0.1, -0.05) is 50.5 Å². The number of methoxy groups -OCH3 is 2. The Morgan fingerprint density at radius 3 is 1.54 bits per heavy atom. The SMILES string of the molecule is COC(=O)C1(C(=O)OC)CC(CC(F)(F)C(F)(F)C(F)(F)C(F)(F)F)C(C(I)=C2CCCCCCCCCCC2)C1. The van der Waals surface area contributed by atoms with Gasteiger partial charge in [0.05, 0.1) is 14.2 Å². The molecule has 0 saturated heterocycles. The van der Waals surface area contributed by atoms with Crippen LogP contribution in [0.2, 0.25) is 0 Å². The molecule has 0 N–H and O–H groups in total. The van der Waals surface area contributed by atoms with E-state index in [0.29, 0.717) is 16.4 Å². The Balaban J connectivity index is 2.58. The lowest BCUT2D eigenvalue weighted by molar-refractivity contribution is -0.398. The number of esters is 2. The number of halogens is 10. The maximum atomic E-state index is 14.9. The van der Waals surface area contributed by atoms with E-state index >= 15 is 0 Å². The van der Waals surface area contributed by atoms with Gasteiger partial charge >= 0.3 is 35.9 Å². The molecule has 0 bridgehead atoms. The molecule has 2 aliphatic rings. The zero-order valence-corrected chi connectivity index (χ0v) is 25.1. The number of hydrogen-bond acceptors (Lipinski definition) is 4. The van der Waals surface area contributed by atoms with Crippen molar-refractivity contribution >= 4 is 34.5 Å². The van der Waals surface area contributed by atoms with Crippen molar-refractivity contribution in [3.8, 4) is 0 Å². The summed E-state index contributed by atoms with van der Waals surface area (Å²) in [5.41, 5.74) is -1.42. The van der Waals surface area contributed by atoms with Crippen molar-refractivity contribution in [1.29, 1.82) is 0 Å². The van der Waals surface area contributed by atoms with Gasteiger partial charge in [0.25, 0.3) is 0 Å². The maximum absolute atomic E-state index is 14.9. The summed E-state index contributed by atoms with van der Waals surface area (Å²) in [6, 6.07) is 0. The van der Waals surface area contributed by atoms with Crippen molar-refractivity contribution in [2.75, 3.05) is 14.2 Å². The number of carbonyl (C=O) groups excluding carboxylic acids is 2. The summed E-state index contributed by atoms with van der Waals surface area (Å²) in [5.74, 6) is -25.0. The van der Waals surface area contributed by atoms with E-state index in [1.165, 1.54) is 0 Å². The summed E-state index contributed by atoms with van der Waals surface area (Å²) in [6.07, 6.45) is -0.888. The van der Waals surface area contributed by atoms with Crippen LogP contribution < -0.4 is 0 Å². The van der Waals surface area contributed by atoms with E-state index in [1.807, 2.05) is 22.6 Å². The lowest BCUT2D eigenvalue weighted by Crippen LogP contribution is -2.61. The summed E-state index contributed by atoms with van der Waals surface area (Å²) in [7, 11) is 1.83. The van der Waals surface area contributed by atoms with Crippen LogP contribution in [0.1, 0.15) is 89.9 Å². The summed E-state index contributed by atoms with van der Waals surface area (Å²) in [6.45, 7) is 0. The van der Waals surface area contributed by atoms with Crippen molar-refractivity contribution < 1.29 is 58.6 Å². The molecule has 0 amide bonds. The topological polar surface area (TPSA) is 52.6 Å². The summed E-state index contributed by atoms with van der Waals surface area (Å²) in [4.78, 5) is 25.6. The molecule has 238 valence electrons. The molecule has 2 rings (SSSR count). The van der Waals surface area contributed by atoms with Crippen LogP contribution >= 0.6 is 22.6 Å². The molecule has 0 aromatic heterocycles. The van der Waals surface area contributed by atoms with E-state index in [-0.39, 0.29) is 0 Å². The van der Waals surface area contributed by atoms with Crippen LogP contribution in [0.15, 0.2) is 9.15 Å². The fraction of sp³-hybridized carbons (Fsp3) is 0.852. The van der Waals surface area contributed by atoms with E-state index in [2.05, 4.69) is 0 Å². The van der Waals surface area contributed by atoms with Crippen LogP contribution in [0, 0.1) is 17.3 Å². The van der Waals surface area contributed by atoms with Crippen molar-refractivity contribution in [3.05, 3.63) is 9.15 Å². The number of rotatable bonds is 7. The third kappa shape index (κ3) is 7.66. The smallest absolute Gasteiger partial charge is 0.460 e. The lowest BCUT2D eigenvalue weighted by Gasteiger charge is -2.36. The number of alkyl halides is 9. The van der Waals surface area contributed by atoms with Gasteiger partial charge in [-0.2, -0.15) is 39.5 Å². The number of ether oxygens (including phenoxy) is 2. The highest BCUT2D eigenvalue weighted by molar-refractivity contribution is 14.1. The van der Waals surface area contributed by atoms with Gasteiger partial charge in [-0.15, -0.1) is 0 Å². The van der Waals surface area contributed by atoms with Gasteiger partial charge in [0.1, 0.15) is 0 Å². The molecule has 0 radical (unpaired) electrons. The van der Waals surface area contributed by atoms with Gasteiger partial charge in [-0.3, -0.25) is 9.59 Å². The van der Waals surface area contributed by atoms with E-state index < -0.39 is 72.4 Å². The number of carbonyl (C=O) groups is 2. The van der Waals surface area contributed by atoms with E-state index in [0.717, 1.165) is 77.6 Å². The average Bonchev–Trinajstić information content (AvgIpc) is 3.26. The molecule has 2 fully saturated rings. The Morgan fingerprint density at radius 1 is 0.732 bits per heavy atom. The molecule has 2 saturated carbocycles. The van der Waals surface area contributed by atoms with Gasteiger partial charge in [0.2, 0.25) is 0 Å². The van der Waals surface area contributed by atoms with Crippen LogP contribution in [0.3, 0.4) is 0 Å². The first-order valence-electron chi connectivity index (χ1n) is 13.6. The molecule has 0 aliphatic heterocycles. The van der Waals surface area contributed by atoms with Crippen LogP contribution in [0.4, 0.5) is 39.5 Å². The first kappa shape index (κ1) is 36.0. The van der Waals surface area contributed by atoms with Crippen LogP contribution in [0.5, 0.6) is 0 Å². The molecule has 0 spiro atoms. The highest BCUT2D eigenvalue weighted by Crippen LogP contribution is 2.59. The molecule has 41 heavy (non-hydrogen) atoms. The maximum Gasteiger partial charge on any atom is 0.460 e. The second-order valence-electron chi connectivity index (χ2n) is 11.0. The average molecular weight is 722 g/mol. The Bertz CT molecular complexity index is 920. The molecular weight excluding hydrogens is 686 g/mol. The molecule has 0 aromatic carbocycles. The van der Waals surface area contributed by atoms with Gasteiger partial charge in [0.15, 0.2) is 5.41 Å². The minimum absolute atomic E-state index is 0.418. The largest absolute Gasteiger partial charge is 0.468 e. The second-order valence-corrected chi connectivity index (χ2v) is 12.2. The second kappa shape index (κ2) is 14.0. The summed E-state index contributed by atoms with van der Waals surface area (Å²) < 4.78 is 134. The molecule has 4 nitrogen and oxygen atoms in total. The summed E-state index contributed by atoms with van der Waals surface area (Å²) >= 11 is 1.85. The zero-order valence-electron chi connectivity index (χ0n) is 23.0. The van der Waals surface area contributed by atoms with E-state index in [1.54, 1.807) is 0 Å². The fourth-order valence-corrected chi connectivity index (χ4v) is 7.21. The van der Waals surface area contributed by atoms with Crippen molar-refractivity contribution in [3.63, 3.8) is 0 Å². The minimum Gasteiger partial charge on any atom is -0.468 e. The van der Waals surface area contributed by atoms with Crippen LogP contribution in [0.25, 0.3) is 0 Å².